The first kappa shape index (κ1) is 14.3. The van der Waals surface area contributed by atoms with Crippen molar-refractivity contribution in [1.29, 1.82) is 0 Å². The summed E-state index contributed by atoms with van der Waals surface area (Å²) in [6.45, 7) is 8.41. The van der Waals surface area contributed by atoms with Gasteiger partial charge in [-0.25, -0.2) is 4.98 Å². The maximum atomic E-state index is 12.2. The van der Waals surface area contributed by atoms with Gasteiger partial charge in [-0.2, -0.15) is 0 Å². The number of nitrogens with zero attached hydrogens (tertiary/aromatic N) is 1. The molecule has 4 nitrogen and oxygen atoms in total. The van der Waals surface area contributed by atoms with Crippen LogP contribution in [0.15, 0.2) is 29.1 Å². The van der Waals surface area contributed by atoms with Gasteiger partial charge < -0.3 is 9.72 Å². The first-order valence-corrected chi connectivity index (χ1v) is 6.87. The summed E-state index contributed by atoms with van der Waals surface area (Å²) < 4.78 is 5.47. The number of nitrogens with one attached hydrogen (secondary N) is 1. The predicted molar refractivity (Wildman–Crippen MR) is 80.3 cm³/mol. The van der Waals surface area contributed by atoms with Crippen LogP contribution in [0.3, 0.4) is 0 Å². The number of aryl methyl sites for hydroxylation is 1. The van der Waals surface area contributed by atoms with E-state index in [1.54, 1.807) is 0 Å². The summed E-state index contributed by atoms with van der Waals surface area (Å²) in [7, 11) is 0. The van der Waals surface area contributed by atoms with Gasteiger partial charge in [0, 0.05) is 16.8 Å². The van der Waals surface area contributed by atoms with E-state index in [2.05, 4.69) is 9.97 Å². The van der Waals surface area contributed by atoms with Crippen LogP contribution in [0.4, 0.5) is 0 Å². The van der Waals surface area contributed by atoms with E-state index in [1.807, 2.05) is 52.0 Å². The summed E-state index contributed by atoms with van der Waals surface area (Å²) >= 11 is 0. The second-order valence-corrected chi connectivity index (χ2v) is 5.03. The highest BCUT2D eigenvalue weighted by Gasteiger charge is 2.12. The fourth-order valence-corrected chi connectivity index (χ4v) is 2.31. The molecule has 0 fully saturated rings. The number of rotatable bonds is 4. The van der Waals surface area contributed by atoms with Crippen LogP contribution in [-0.4, -0.2) is 16.6 Å². The Morgan fingerprint density at radius 3 is 2.70 bits per heavy atom. The minimum absolute atomic E-state index is 0.0655. The summed E-state index contributed by atoms with van der Waals surface area (Å²) in [6.07, 6.45) is 0. The molecule has 0 amide bonds. The lowest BCUT2D eigenvalue weighted by Gasteiger charge is -2.10. The van der Waals surface area contributed by atoms with Gasteiger partial charge in [-0.15, -0.1) is 0 Å². The highest BCUT2D eigenvalue weighted by atomic mass is 16.5. The van der Waals surface area contributed by atoms with Crippen molar-refractivity contribution in [2.45, 2.75) is 33.6 Å². The van der Waals surface area contributed by atoms with Crippen LogP contribution in [0.1, 0.15) is 37.9 Å². The maximum absolute atomic E-state index is 12.2. The standard InChI is InChI=1S/C16H20N2O2/c1-5-20-13-8-6-7-12(9-13)15-17-11(4)14(10(2)3)16(19)18-15/h6-10H,5H2,1-4H3,(H,17,18,19). The van der Waals surface area contributed by atoms with Crippen molar-refractivity contribution in [1.82, 2.24) is 9.97 Å². The van der Waals surface area contributed by atoms with Gasteiger partial charge in [-0.3, -0.25) is 4.79 Å². The highest BCUT2D eigenvalue weighted by Crippen LogP contribution is 2.22. The van der Waals surface area contributed by atoms with Gasteiger partial charge in [0.05, 0.1) is 6.61 Å². The molecule has 0 saturated carbocycles. The van der Waals surface area contributed by atoms with Gasteiger partial charge in [0.15, 0.2) is 0 Å². The Hall–Kier alpha value is -2.10. The first-order valence-electron chi connectivity index (χ1n) is 6.87. The molecule has 0 saturated heterocycles. The average Bonchev–Trinajstić information content (AvgIpc) is 2.38. The number of ether oxygens (including phenoxy) is 1. The highest BCUT2D eigenvalue weighted by molar-refractivity contribution is 5.57. The Kier molecular flexibility index (Phi) is 4.23. The Morgan fingerprint density at radius 1 is 1.35 bits per heavy atom. The minimum Gasteiger partial charge on any atom is -0.494 e. The topological polar surface area (TPSA) is 55.0 Å². The quantitative estimate of drug-likeness (QED) is 0.929. The van der Waals surface area contributed by atoms with Gasteiger partial charge in [-0.05, 0) is 31.9 Å². The molecule has 0 bridgehead atoms. The van der Waals surface area contributed by atoms with Crippen LogP contribution >= 0.6 is 0 Å². The van der Waals surface area contributed by atoms with Crippen molar-refractivity contribution >= 4 is 0 Å². The van der Waals surface area contributed by atoms with E-state index < -0.39 is 0 Å². The van der Waals surface area contributed by atoms with E-state index in [0.29, 0.717) is 12.4 Å². The van der Waals surface area contributed by atoms with E-state index in [9.17, 15) is 4.79 Å². The van der Waals surface area contributed by atoms with E-state index in [4.69, 9.17) is 4.74 Å². The molecular formula is C16H20N2O2. The predicted octanol–water partition coefficient (Wildman–Crippen LogP) is 3.27. The number of hydrogen-bond acceptors (Lipinski definition) is 3. The first-order chi connectivity index (χ1) is 9.52. The minimum atomic E-state index is -0.0655. The normalized spacial score (nSPS) is 10.8. The monoisotopic (exact) mass is 272 g/mol. The summed E-state index contributed by atoms with van der Waals surface area (Å²) in [5.41, 5.74) is 2.31. The van der Waals surface area contributed by atoms with Crippen molar-refractivity contribution in [3.63, 3.8) is 0 Å². The van der Waals surface area contributed by atoms with Gasteiger partial charge in [-0.1, -0.05) is 26.0 Å². The molecule has 106 valence electrons. The van der Waals surface area contributed by atoms with E-state index in [-0.39, 0.29) is 11.5 Å². The lowest BCUT2D eigenvalue weighted by molar-refractivity contribution is 0.340. The van der Waals surface area contributed by atoms with Crippen LogP contribution in [0, 0.1) is 6.92 Å². The fraction of sp³-hybridized carbons (Fsp3) is 0.375. The van der Waals surface area contributed by atoms with Crippen LogP contribution in [0.25, 0.3) is 11.4 Å². The molecule has 2 rings (SSSR count). The molecule has 1 aromatic carbocycles. The summed E-state index contributed by atoms with van der Waals surface area (Å²) in [5.74, 6) is 1.52. The summed E-state index contributed by atoms with van der Waals surface area (Å²) in [4.78, 5) is 19.5. The van der Waals surface area contributed by atoms with Crippen molar-refractivity contribution in [2.24, 2.45) is 0 Å². The number of aromatic nitrogens is 2. The molecule has 0 radical (unpaired) electrons. The zero-order valence-electron chi connectivity index (χ0n) is 12.4. The molecule has 0 aliphatic heterocycles. The molecule has 0 atom stereocenters. The number of aromatic amines is 1. The molecule has 20 heavy (non-hydrogen) atoms. The third-order valence-corrected chi connectivity index (χ3v) is 3.14. The zero-order chi connectivity index (χ0) is 14.7. The van der Waals surface area contributed by atoms with Crippen molar-refractivity contribution in [2.75, 3.05) is 6.61 Å². The van der Waals surface area contributed by atoms with Crippen LogP contribution in [0.5, 0.6) is 5.75 Å². The molecule has 0 aliphatic carbocycles. The summed E-state index contributed by atoms with van der Waals surface area (Å²) in [6, 6.07) is 7.58. The van der Waals surface area contributed by atoms with E-state index in [0.717, 1.165) is 22.6 Å². The molecule has 1 N–H and O–H groups in total. The number of hydrogen-bond donors (Lipinski definition) is 1. The second kappa shape index (κ2) is 5.90. The van der Waals surface area contributed by atoms with Gasteiger partial charge in [0.1, 0.15) is 11.6 Å². The number of benzene rings is 1. The number of H-pyrrole nitrogens is 1. The molecule has 2 aromatic rings. The van der Waals surface area contributed by atoms with E-state index in [1.165, 1.54) is 0 Å². The third-order valence-electron chi connectivity index (χ3n) is 3.14. The van der Waals surface area contributed by atoms with E-state index >= 15 is 0 Å². The lowest BCUT2D eigenvalue weighted by atomic mass is 10.0. The van der Waals surface area contributed by atoms with Crippen LogP contribution in [0.2, 0.25) is 0 Å². The SMILES string of the molecule is CCOc1cccc(-c2nc(C)c(C(C)C)c(=O)[nH]2)c1. The lowest BCUT2D eigenvalue weighted by Crippen LogP contribution is -2.18. The molecule has 0 spiro atoms. The molecule has 0 aliphatic rings. The zero-order valence-corrected chi connectivity index (χ0v) is 12.4. The Labute approximate surface area is 118 Å². The van der Waals surface area contributed by atoms with Crippen LogP contribution < -0.4 is 10.3 Å². The van der Waals surface area contributed by atoms with Gasteiger partial charge in [0.2, 0.25) is 0 Å². The van der Waals surface area contributed by atoms with Crippen LogP contribution in [-0.2, 0) is 0 Å². The third kappa shape index (κ3) is 2.90. The molecule has 1 aromatic heterocycles. The van der Waals surface area contributed by atoms with Crippen molar-refractivity contribution in [3.05, 3.63) is 45.9 Å². The molecule has 0 unspecified atom stereocenters. The van der Waals surface area contributed by atoms with Crippen molar-refractivity contribution in [3.8, 4) is 17.1 Å². The molecule has 1 heterocycles. The average molecular weight is 272 g/mol. The Balaban J connectivity index is 2.49. The Morgan fingerprint density at radius 2 is 2.10 bits per heavy atom. The summed E-state index contributed by atoms with van der Waals surface area (Å²) in [5, 5.41) is 0. The maximum Gasteiger partial charge on any atom is 0.254 e. The molecular weight excluding hydrogens is 252 g/mol. The largest absolute Gasteiger partial charge is 0.494 e. The fourth-order valence-electron chi connectivity index (χ4n) is 2.31. The smallest absolute Gasteiger partial charge is 0.254 e. The van der Waals surface area contributed by atoms with Gasteiger partial charge >= 0.3 is 0 Å². The Bertz CT molecular complexity index is 660. The van der Waals surface area contributed by atoms with Gasteiger partial charge in [0.25, 0.3) is 5.56 Å². The van der Waals surface area contributed by atoms with Crippen molar-refractivity contribution < 1.29 is 4.74 Å². The molecule has 4 heteroatoms. The second-order valence-electron chi connectivity index (χ2n) is 5.03.